The summed E-state index contributed by atoms with van der Waals surface area (Å²) in [5.41, 5.74) is 1.37. The van der Waals surface area contributed by atoms with Gasteiger partial charge in [0.15, 0.2) is 11.5 Å². The van der Waals surface area contributed by atoms with Gasteiger partial charge in [-0.15, -0.1) is 0 Å². The van der Waals surface area contributed by atoms with Gasteiger partial charge in [0.25, 0.3) is 0 Å². The van der Waals surface area contributed by atoms with Gasteiger partial charge in [0.2, 0.25) is 5.43 Å². The third-order valence-electron chi connectivity index (χ3n) is 5.00. The van der Waals surface area contributed by atoms with Crippen molar-refractivity contribution in [2.24, 2.45) is 0 Å². The van der Waals surface area contributed by atoms with Crippen LogP contribution in [0.2, 0.25) is 0 Å². The largest absolute Gasteiger partial charge is 0.506 e. The van der Waals surface area contributed by atoms with Gasteiger partial charge in [-0.1, -0.05) is 11.6 Å². The standard InChI is InChI=1S/C23H22O6/c1-11(2)5-6-13-21-12(7-8-23(3,4)29-21)19(26)18-20(27)14-9-15(24)16(25)10-17(14)28-22(13)18/h5,7-10,24-26H,6H2,1-4H3. The monoisotopic (exact) mass is 394 g/mol. The van der Waals surface area contributed by atoms with Crippen LogP contribution < -0.4 is 10.2 Å². The van der Waals surface area contributed by atoms with Gasteiger partial charge in [-0.25, -0.2) is 0 Å². The van der Waals surface area contributed by atoms with Crippen LogP contribution in [0.25, 0.3) is 28.0 Å². The molecule has 1 aliphatic rings. The third kappa shape index (κ3) is 3.01. The van der Waals surface area contributed by atoms with E-state index in [9.17, 15) is 20.1 Å². The van der Waals surface area contributed by atoms with Gasteiger partial charge in [0.1, 0.15) is 33.7 Å². The lowest BCUT2D eigenvalue weighted by atomic mass is 9.94. The van der Waals surface area contributed by atoms with E-state index in [4.69, 9.17) is 9.15 Å². The first-order valence-corrected chi connectivity index (χ1v) is 9.31. The first-order valence-electron chi connectivity index (χ1n) is 9.31. The van der Waals surface area contributed by atoms with E-state index in [-0.39, 0.29) is 27.7 Å². The van der Waals surface area contributed by atoms with Crippen LogP contribution in [0.5, 0.6) is 23.0 Å². The second-order valence-electron chi connectivity index (χ2n) is 8.07. The van der Waals surface area contributed by atoms with Gasteiger partial charge in [-0.2, -0.15) is 0 Å². The van der Waals surface area contributed by atoms with Gasteiger partial charge in [-0.3, -0.25) is 4.79 Å². The van der Waals surface area contributed by atoms with Crippen molar-refractivity contribution >= 4 is 28.0 Å². The summed E-state index contributed by atoms with van der Waals surface area (Å²) in [5, 5.41) is 30.6. The minimum atomic E-state index is -0.589. The van der Waals surface area contributed by atoms with Gasteiger partial charge >= 0.3 is 0 Å². The summed E-state index contributed by atoms with van der Waals surface area (Å²) in [4.78, 5) is 13.2. The molecule has 1 aromatic heterocycles. The normalized spacial score (nSPS) is 14.6. The molecule has 0 unspecified atom stereocenters. The van der Waals surface area contributed by atoms with E-state index >= 15 is 0 Å². The molecular weight excluding hydrogens is 372 g/mol. The Morgan fingerprint density at radius 2 is 1.83 bits per heavy atom. The Bertz CT molecular complexity index is 1290. The van der Waals surface area contributed by atoms with Gasteiger partial charge in [0, 0.05) is 11.6 Å². The molecule has 0 fully saturated rings. The average Bonchev–Trinajstić information content (AvgIpc) is 2.62. The van der Waals surface area contributed by atoms with E-state index in [1.165, 1.54) is 6.07 Å². The molecule has 0 amide bonds. The molecule has 6 heteroatoms. The number of hydrogen-bond acceptors (Lipinski definition) is 6. The second-order valence-corrected chi connectivity index (χ2v) is 8.07. The smallest absolute Gasteiger partial charge is 0.204 e. The zero-order chi connectivity index (χ0) is 21.1. The summed E-state index contributed by atoms with van der Waals surface area (Å²) in [6, 6.07) is 2.33. The fraction of sp³-hybridized carbons (Fsp3) is 0.261. The van der Waals surface area contributed by atoms with Crippen LogP contribution in [0, 0.1) is 0 Å². The lowest BCUT2D eigenvalue weighted by Crippen LogP contribution is -2.28. The summed E-state index contributed by atoms with van der Waals surface area (Å²) in [7, 11) is 0. The third-order valence-corrected chi connectivity index (χ3v) is 5.00. The first kappa shape index (κ1) is 18.9. The number of allylic oxidation sites excluding steroid dienone is 2. The van der Waals surface area contributed by atoms with E-state index in [0.29, 0.717) is 23.3 Å². The Hall–Kier alpha value is -3.41. The van der Waals surface area contributed by atoms with Gasteiger partial charge < -0.3 is 24.5 Å². The molecule has 0 aliphatic carbocycles. The van der Waals surface area contributed by atoms with Crippen LogP contribution in [0.4, 0.5) is 0 Å². The van der Waals surface area contributed by atoms with Gasteiger partial charge in [0.05, 0.1) is 10.9 Å². The van der Waals surface area contributed by atoms with Crippen molar-refractivity contribution < 1.29 is 24.5 Å². The van der Waals surface area contributed by atoms with Crippen LogP contribution in [-0.2, 0) is 6.42 Å². The Balaban J connectivity index is 2.19. The molecule has 0 bridgehead atoms. The predicted molar refractivity (Wildman–Crippen MR) is 112 cm³/mol. The van der Waals surface area contributed by atoms with E-state index in [2.05, 4.69) is 0 Å². The number of phenolic OH excluding ortho intramolecular Hbond substituents is 3. The molecule has 2 heterocycles. The molecule has 0 saturated carbocycles. The molecule has 3 aromatic rings. The molecule has 0 saturated heterocycles. The number of hydrogen-bond donors (Lipinski definition) is 3. The van der Waals surface area contributed by atoms with E-state index in [0.717, 1.165) is 11.6 Å². The van der Waals surface area contributed by atoms with E-state index in [1.807, 2.05) is 39.8 Å². The highest BCUT2D eigenvalue weighted by Crippen LogP contribution is 2.45. The van der Waals surface area contributed by atoms with Crippen molar-refractivity contribution in [1.82, 2.24) is 0 Å². The lowest BCUT2D eigenvalue weighted by molar-refractivity contribution is 0.157. The number of ether oxygens (including phenoxy) is 1. The predicted octanol–water partition coefficient (Wildman–Crippen LogP) is 4.76. The number of benzene rings is 2. The van der Waals surface area contributed by atoms with Gasteiger partial charge in [-0.05, 0) is 52.3 Å². The Morgan fingerprint density at radius 1 is 1.14 bits per heavy atom. The molecule has 0 radical (unpaired) electrons. The van der Waals surface area contributed by atoms with Crippen molar-refractivity contribution in [1.29, 1.82) is 0 Å². The molecule has 29 heavy (non-hydrogen) atoms. The first-order chi connectivity index (χ1) is 13.6. The molecule has 6 nitrogen and oxygen atoms in total. The Kier molecular flexibility index (Phi) is 4.12. The lowest BCUT2D eigenvalue weighted by Gasteiger charge is -2.30. The highest BCUT2D eigenvalue weighted by atomic mass is 16.5. The van der Waals surface area contributed by atoms with E-state index < -0.39 is 22.5 Å². The molecule has 3 N–H and O–H groups in total. The average molecular weight is 394 g/mol. The maximum absolute atomic E-state index is 13.2. The molecular formula is C23H22O6. The SMILES string of the molecule is CC(C)=CCc1c2c(c(O)c3c(=O)c4cc(O)c(O)cc4oc13)C=CC(C)(C)O2. The molecule has 2 aromatic carbocycles. The summed E-state index contributed by atoms with van der Waals surface area (Å²) in [5.74, 6) is -0.596. The topological polar surface area (TPSA) is 100 Å². The van der Waals surface area contributed by atoms with Crippen molar-refractivity contribution in [2.45, 2.75) is 39.7 Å². The van der Waals surface area contributed by atoms with Crippen molar-refractivity contribution in [3.05, 3.63) is 51.2 Å². The Morgan fingerprint density at radius 3 is 2.52 bits per heavy atom. The molecule has 4 rings (SSSR count). The number of aromatic hydroxyl groups is 3. The fourth-order valence-electron chi connectivity index (χ4n) is 3.50. The second kappa shape index (κ2) is 6.30. The fourth-order valence-corrected chi connectivity index (χ4v) is 3.50. The summed E-state index contributed by atoms with van der Waals surface area (Å²) in [6.45, 7) is 7.73. The van der Waals surface area contributed by atoms with E-state index in [1.54, 1.807) is 6.08 Å². The minimum Gasteiger partial charge on any atom is -0.506 e. The highest BCUT2D eigenvalue weighted by molar-refractivity contribution is 5.99. The summed E-state index contributed by atoms with van der Waals surface area (Å²) >= 11 is 0. The minimum absolute atomic E-state index is 0.0199. The van der Waals surface area contributed by atoms with Crippen molar-refractivity contribution in [3.8, 4) is 23.0 Å². The maximum Gasteiger partial charge on any atom is 0.204 e. The van der Waals surface area contributed by atoms with Crippen LogP contribution in [-0.4, -0.2) is 20.9 Å². The molecule has 150 valence electrons. The molecule has 0 atom stereocenters. The van der Waals surface area contributed by atoms with Crippen molar-refractivity contribution in [2.75, 3.05) is 0 Å². The molecule has 0 spiro atoms. The van der Waals surface area contributed by atoms with Crippen LogP contribution >= 0.6 is 0 Å². The maximum atomic E-state index is 13.2. The summed E-state index contributed by atoms with van der Waals surface area (Å²) < 4.78 is 12.1. The van der Waals surface area contributed by atoms with Crippen LogP contribution in [0.3, 0.4) is 0 Å². The zero-order valence-corrected chi connectivity index (χ0v) is 16.7. The zero-order valence-electron chi connectivity index (χ0n) is 16.7. The highest BCUT2D eigenvalue weighted by Gasteiger charge is 2.30. The number of fused-ring (bicyclic) bond motifs is 3. The number of rotatable bonds is 2. The summed E-state index contributed by atoms with van der Waals surface area (Å²) in [6.07, 6.45) is 5.98. The molecule has 1 aliphatic heterocycles. The number of phenols is 3. The van der Waals surface area contributed by atoms with Crippen LogP contribution in [0.15, 0.2) is 39.1 Å². The van der Waals surface area contributed by atoms with Crippen molar-refractivity contribution in [3.63, 3.8) is 0 Å². The quantitative estimate of drug-likeness (QED) is 0.329. The Labute approximate surface area is 167 Å². The van der Waals surface area contributed by atoms with Crippen LogP contribution in [0.1, 0.15) is 38.8 Å².